The molecular weight excluding hydrogens is 505 g/mol. The van der Waals surface area contributed by atoms with Gasteiger partial charge in [-0.25, -0.2) is 4.39 Å². The van der Waals surface area contributed by atoms with E-state index in [1.54, 1.807) is 47.8 Å². The number of nitrogens with one attached hydrogen (secondary N) is 2. The molecule has 1 saturated heterocycles. The minimum Gasteiger partial charge on any atom is -0.373 e. The number of carbonyl (C=O) groups is 1. The summed E-state index contributed by atoms with van der Waals surface area (Å²) in [7, 11) is 0. The number of allylic oxidation sites excluding steroid dienone is 1. The average molecular weight is 544 g/mol. The standard InChI is InChI=1S/C27H32FN3O2S2.C2H6/c1-18-9-10-25(24(28)13-18)29-16-19(2)26(32)31-11-12-34-27(31)20(3)30-35-23-14-22(15-23)33-17-21-7-5-4-6-8-21;1-2/h4-10,13,16,22-23,29-30H,11-12,14-15,17H2,1-3H3;1-2H3/b19-16+,27-20-;. The van der Waals surface area contributed by atoms with Crippen molar-refractivity contribution in [2.75, 3.05) is 17.6 Å². The molecule has 8 heteroatoms. The van der Waals surface area contributed by atoms with Crippen molar-refractivity contribution in [3.63, 3.8) is 0 Å². The molecular formula is C29H38FN3O2S2. The quantitative estimate of drug-likeness (QED) is 0.257. The SMILES string of the molecule is C/C(NSC1CC(OCc2ccccc2)C1)=C1/SCCN1C(=O)/C(C)=C/Nc1ccc(C)cc1F.CC. The van der Waals surface area contributed by atoms with Crippen molar-refractivity contribution in [1.29, 1.82) is 0 Å². The van der Waals surface area contributed by atoms with Crippen LogP contribution in [-0.4, -0.2) is 34.5 Å². The fraction of sp³-hybridized carbons (Fsp3) is 0.414. The molecule has 2 aliphatic rings. The molecule has 4 rings (SSSR count). The molecule has 0 radical (unpaired) electrons. The highest BCUT2D eigenvalue weighted by Gasteiger charge is 2.32. The number of halogens is 1. The highest BCUT2D eigenvalue weighted by atomic mass is 32.2. The molecule has 0 spiro atoms. The monoisotopic (exact) mass is 543 g/mol. The van der Waals surface area contributed by atoms with Crippen LogP contribution in [0.5, 0.6) is 0 Å². The Balaban J connectivity index is 0.00000186. The van der Waals surface area contributed by atoms with Crippen LogP contribution >= 0.6 is 23.7 Å². The summed E-state index contributed by atoms with van der Waals surface area (Å²) >= 11 is 3.39. The lowest BCUT2D eigenvalue weighted by molar-refractivity contribution is -0.124. The molecule has 1 aliphatic carbocycles. The van der Waals surface area contributed by atoms with E-state index in [2.05, 4.69) is 22.2 Å². The van der Waals surface area contributed by atoms with Gasteiger partial charge >= 0.3 is 0 Å². The molecule has 0 aromatic heterocycles. The summed E-state index contributed by atoms with van der Waals surface area (Å²) in [5, 5.41) is 4.38. The van der Waals surface area contributed by atoms with E-state index in [1.165, 1.54) is 11.6 Å². The van der Waals surface area contributed by atoms with Crippen molar-refractivity contribution >= 4 is 35.3 Å². The second-order valence-corrected chi connectivity index (χ2v) is 11.1. The molecule has 0 atom stereocenters. The molecule has 0 bridgehead atoms. The van der Waals surface area contributed by atoms with Gasteiger partial charge in [-0.1, -0.05) is 50.2 Å². The van der Waals surface area contributed by atoms with E-state index in [0.29, 0.717) is 35.8 Å². The van der Waals surface area contributed by atoms with Crippen molar-refractivity contribution in [2.24, 2.45) is 0 Å². The number of benzene rings is 2. The molecule has 2 aromatic carbocycles. The molecule has 2 fully saturated rings. The van der Waals surface area contributed by atoms with Gasteiger partial charge in [0, 0.05) is 35.0 Å². The van der Waals surface area contributed by atoms with Gasteiger partial charge < -0.3 is 19.7 Å². The topological polar surface area (TPSA) is 53.6 Å². The first kappa shape index (κ1) is 29.1. The largest absolute Gasteiger partial charge is 0.373 e. The zero-order valence-electron chi connectivity index (χ0n) is 22.3. The van der Waals surface area contributed by atoms with Crippen molar-refractivity contribution in [1.82, 2.24) is 9.62 Å². The second kappa shape index (κ2) is 14.5. The third-order valence-electron chi connectivity index (χ3n) is 6.03. The Hall–Kier alpha value is -2.42. The van der Waals surface area contributed by atoms with Crippen molar-refractivity contribution in [2.45, 2.75) is 65.4 Å². The second-order valence-electron chi connectivity index (χ2n) is 8.92. The van der Waals surface area contributed by atoms with Crippen LogP contribution in [0.15, 0.2) is 71.0 Å². The first-order chi connectivity index (χ1) is 17.9. The molecule has 37 heavy (non-hydrogen) atoms. The summed E-state index contributed by atoms with van der Waals surface area (Å²) in [5.74, 6) is 0.449. The first-order valence-electron chi connectivity index (χ1n) is 12.8. The van der Waals surface area contributed by atoms with Gasteiger partial charge in [-0.3, -0.25) is 4.79 Å². The Bertz CT molecular complexity index is 1100. The van der Waals surface area contributed by atoms with Crippen LogP contribution in [0.25, 0.3) is 0 Å². The third-order valence-corrected chi connectivity index (χ3v) is 8.36. The molecule has 0 unspecified atom stereocenters. The summed E-state index contributed by atoms with van der Waals surface area (Å²) in [6, 6.07) is 15.2. The van der Waals surface area contributed by atoms with E-state index in [4.69, 9.17) is 4.74 Å². The fourth-order valence-electron chi connectivity index (χ4n) is 3.87. The lowest BCUT2D eigenvalue weighted by atomic mass is 9.95. The maximum Gasteiger partial charge on any atom is 0.255 e. The maximum absolute atomic E-state index is 14.1. The lowest BCUT2D eigenvalue weighted by Gasteiger charge is -2.34. The summed E-state index contributed by atoms with van der Waals surface area (Å²) in [6.45, 7) is 10.9. The number of carbonyl (C=O) groups excluding carboxylic acids is 1. The van der Waals surface area contributed by atoms with Crippen molar-refractivity contribution in [3.8, 4) is 0 Å². The number of anilines is 1. The number of hydrogen-bond donors (Lipinski definition) is 2. The molecule has 1 heterocycles. The highest BCUT2D eigenvalue weighted by Crippen LogP contribution is 2.36. The van der Waals surface area contributed by atoms with Crippen molar-refractivity contribution in [3.05, 3.63) is 88.0 Å². The van der Waals surface area contributed by atoms with Gasteiger partial charge in [-0.15, -0.1) is 11.8 Å². The number of thioether (sulfide) groups is 1. The molecule has 1 aliphatic heterocycles. The van der Waals surface area contributed by atoms with E-state index in [0.717, 1.165) is 34.9 Å². The van der Waals surface area contributed by atoms with E-state index in [-0.39, 0.29) is 11.7 Å². The van der Waals surface area contributed by atoms with Gasteiger partial charge in [0.15, 0.2) is 0 Å². The smallest absolute Gasteiger partial charge is 0.255 e. The Morgan fingerprint density at radius 3 is 2.62 bits per heavy atom. The molecule has 1 saturated carbocycles. The number of aryl methyl sites for hydroxylation is 1. The Morgan fingerprint density at radius 2 is 1.92 bits per heavy atom. The van der Waals surface area contributed by atoms with Gasteiger partial charge in [0.25, 0.3) is 5.91 Å². The predicted molar refractivity (Wildman–Crippen MR) is 156 cm³/mol. The van der Waals surface area contributed by atoms with Crippen LogP contribution in [0.3, 0.4) is 0 Å². The summed E-state index contributed by atoms with van der Waals surface area (Å²) in [4.78, 5) is 14.9. The average Bonchev–Trinajstić information content (AvgIpc) is 3.38. The summed E-state index contributed by atoms with van der Waals surface area (Å²) in [5.41, 5.74) is 3.93. The van der Waals surface area contributed by atoms with Gasteiger partial charge in [-0.2, -0.15) is 0 Å². The van der Waals surface area contributed by atoms with Crippen LogP contribution in [0.2, 0.25) is 0 Å². The van der Waals surface area contributed by atoms with Crippen LogP contribution in [0.4, 0.5) is 10.1 Å². The molecule has 2 N–H and O–H groups in total. The Labute approximate surface area is 229 Å². The molecule has 2 aromatic rings. The minimum absolute atomic E-state index is 0.0748. The molecule has 1 amide bonds. The van der Waals surface area contributed by atoms with Crippen LogP contribution in [-0.2, 0) is 16.1 Å². The number of amides is 1. The molecule has 200 valence electrons. The molecule has 5 nitrogen and oxygen atoms in total. The first-order valence-corrected chi connectivity index (χ1v) is 14.7. The zero-order chi connectivity index (χ0) is 26.8. The number of nitrogens with zero attached hydrogens (tertiary/aromatic N) is 1. The fourth-order valence-corrected chi connectivity index (χ4v) is 6.06. The van der Waals surface area contributed by atoms with E-state index >= 15 is 0 Å². The predicted octanol–water partition coefficient (Wildman–Crippen LogP) is 7.23. The maximum atomic E-state index is 14.1. The van der Waals surface area contributed by atoms with Crippen molar-refractivity contribution < 1.29 is 13.9 Å². The van der Waals surface area contributed by atoms with Crippen LogP contribution in [0, 0.1) is 12.7 Å². The Kier molecular flexibility index (Phi) is 11.4. The summed E-state index contributed by atoms with van der Waals surface area (Å²) in [6.07, 6.45) is 3.93. The van der Waals surface area contributed by atoms with E-state index in [9.17, 15) is 9.18 Å². The zero-order valence-corrected chi connectivity index (χ0v) is 24.0. The van der Waals surface area contributed by atoms with E-state index < -0.39 is 0 Å². The van der Waals surface area contributed by atoms with Gasteiger partial charge in [0.1, 0.15) is 5.82 Å². The third kappa shape index (κ3) is 8.28. The van der Waals surface area contributed by atoms with Gasteiger partial charge in [0.05, 0.1) is 23.4 Å². The Morgan fingerprint density at radius 1 is 1.19 bits per heavy atom. The number of ether oxygens (including phenoxy) is 1. The summed E-state index contributed by atoms with van der Waals surface area (Å²) < 4.78 is 23.5. The van der Waals surface area contributed by atoms with Crippen LogP contribution < -0.4 is 10.0 Å². The van der Waals surface area contributed by atoms with Gasteiger partial charge in [-0.05, 0) is 68.8 Å². The number of rotatable bonds is 9. The highest BCUT2D eigenvalue weighted by molar-refractivity contribution is 8.03. The minimum atomic E-state index is -0.334. The normalized spacial score (nSPS) is 20.5. The van der Waals surface area contributed by atoms with Gasteiger partial charge in [0.2, 0.25) is 0 Å². The number of hydrogen-bond acceptors (Lipinski definition) is 6. The van der Waals surface area contributed by atoms with E-state index in [1.807, 2.05) is 52.0 Å². The van der Waals surface area contributed by atoms with Crippen LogP contribution in [0.1, 0.15) is 51.7 Å². The lowest BCUT2D eigenvalue weighted by Crippen LogP contribution is -2.35.